The van der Waals surface area contributed by atoms with Gasteiger partial charge in [0.05, 0.1) is 5.56 Å². The Morgan fingerprint density at radius 1 is 1.62 bits per heavy atom. The molecule has 2 rings (SSSR count). The monoisotopic (exact) mass is 196 g/mol. The van der Waals surface area contributed by atoms with Crippen LogP contribution >= 0.6 is 11.6 Å². The Labute approximate surface area is 81.5 Å². The van der Waals surface area contributed by atoms with Gasteiger partial charge in [-0.15, -0.1) is 0 Å². The summed E-state index contributed by atoms with van der Waals surface area (Å²) in [6.07, 6.45) is 1.76. The molecule has 13 heavy (non-hydrogen) atoms. The van der Waals surface area contributed by atoms with Gasteiger partial charge in [0.1, 0.15) is 11.9 Å². The van der Waals surface area contributed by atoms with Gasteiger partial charge in [-0.2, -0.15) is 0 Å². The Morgan fingerprint density at radius 2 is 2.38 bits per heavy atom. The van der Waals surface area contributed by atoms with E-state index in [4.69, 9.17) is 16.3 Å². The van der Waals surface area contributed by atoms with Gasteiger partial charge in [0, 0.05) is 17.0 Å². The highest BCUT2D eigenvalue weighted by molar-refractivity contribution is 6.31. The minimum atomic E-state index is 0.146. The number of fused-ring (bicyclic) bond motifs is 1. The lowest BCUT2D eigenvalue weighted by Crippen LogP contribution is -2.05. The van der Waals surface area contributed by atoms with Gasteiger partial charge in [0.15, 0.2) is 6.29 Å². The van der Waals surface area contributed by atoms with Crippen molar-refractivity contribution in [1.82, 2.24) is 0 Å². The van der Waals surface area contributed by atoms with E-state index in [1.165, 1.54) is 0 Å². The van der Waals surface area contributed by atoms with Gasteiger partial charge in [0.2, 0.25) is 0 Å². The Morgan fingerprint density at radius 3 is 3.08 bits per heavy atom. The summed E-state index contributed by atoms with van der Waals surface area (Å²) in [5.74, 6) is 0.701. The molecule has 0 fully saturated rings. The number of halogens is 1. The molecule has 0 spiro atoms. The molecule has 1 heterocycles. The Kier molecular flexibility index (Phi) is 2.00. The zero-order chi connectivity index (χ0) is 9.42. The molecule has 1 atom stereocenters. The van der Waals surface area contributed by atoms with Gasteiger partial charge in [-0.25, -0.2) is 0 Å². The van der Waals surface area contributed by atoms with Crippen molar-refractivity contribution in [1.29, 1.82) is 0 Å². The molecule has 0 radical (unpaired) electrons. The Hall–Kier alpha value is -1.02. The average molecular weight is 197 g/mol. The second-order valence-electron chi connectivity index (χ2n) is 3.23. The van der Waals surface area contributed by atoms with Gasteiger partial charge in [0.25, 0.3) is 0 Å². The largest absolute Gasteiger partial charge is 0.489 e. The molecule has 0 aliphatic carbocycles. The fraction of sp³-hybridized carbons (Fsp3) is 0.300. The third-order valence-electron chi connectivity index (χ3n) is 2.11. The van der Waals surface area contributed by atoms with Crippen LogP contribution in [0.15, 0.2) is 12.1 Å². The van der Waals surface area contributed by atoms with Crippen LogP contribution in [0, 0.1) is 0 Å². The Balaban J connectivity index is 2.56. The molecule has 1 aromatic rings. The van der Waals surface area contributed by atoms with E-state index in [1.807, 2.05) is 13.0 Å². The molecule has 0 aromatic heterocycles. The standard InChI is InChI=1S/C10H9ClO2/c1-6-2-7-3-9(11)4-8(5-12)10(7)13-6/h3-6H,2H2,1H3. The zero-order valence-corrected chi connectivity index (χ0v) is 7.97. The van der Waals surface area contributed by atoms with Crippen LogP contribution in [0.4, 0.5) is 0 Å². The molecular weight excluding hydrogens is 188 g/mol. The topological polar surface area (TPSA) is 26.3 Å². The predicted octanol–water partition coefficient (Wildman–Crippen LogP) is 2.48. The third-order valence-corrected chi connectivity index (χ3v) is 2.33. The third kappa shape index (κ3) is 1.42. The molecule has 1 aromatic carbocycles. The van der Waals surface area contributed by atoms with Crippen molar-refractivity contribution in [3.05, 3.63) is 28.3 Å². The van der Waals surface area contributed by atoms with Crippen molar-refractivity contribution in [2.45, 2.75) is 19.4 Å². The fourth-order valence-electron chi connectivity index (χ4n) is 1.61. The van der Waals surface area contributed by atoms with E-state index in [1.54, 1.807) is 6.07 Å². The smallest absolute Gasteiger partial charge is 0.153 e. The van der Waals surface area contributed by atoms with Crippen LogP contribution in [0.3, 0.4) is 0 Å². The first-order chi connectivity index (χ1) is 6.20. The minimum Gasteiger partial charge on any atom is -0.489 e. The van der Waals surface area contributed by atoms with E-state index in [-0.39, 0.29) is 6.10 Å². The van der Waals surface area contributed by atoms with Crippen LogP contribution in [0.2, 0.25) is 5.02 Å². The molecule has 3 heteroatoms. The second kappa shape index (κ2) is 3.04. The highest BCUT2D eigenvalue weighted by Gasteiger charge is 2.22. The van der Waals surface area contributed by atoms with Crippen LogP contribution in [0.25, 0.3) is 0 Å². The van der Waals surface area contributed by atoms with Gasteiger partial charge in [-0.05, 0) is 19.1 Å². The number of hydrogen-bond donors (Lipinski definition) is 0. The van der Waals surface area contributed by atoms with E-state index >= 15 is 0 Å². The summed E-state index contributed by atoms with van der Waals surface area (Å²) in [5, 5.41) is 0.596. The van der Waals surface area contributed by atoms with E-state index in [9.17, 15) is 4.79 Å². The molecule has 1 unspecified atom stereocenters. The van der Waals surface area contributed by atoms with E-state index in [2.05, 4.69) is 0 Å². The molecule has 2 nitrogen and oxygen atoms in total. The van der Waals surface area contributed by atoms with E-state index in [0.717, 1.165) is 18.3 Å². The lowest BCUT2D eigenvalue weighted by Gasteiger charge is -2.04. The maximum atomic E-state index is 10.7. The minimum absolute atomic E-state index is 0.146. The predicted molar refractivity (Wildman–Crippen MR) is 50.6 cm³/mol. The van der Waals surface area contributed by atoms with Crippen molar-refractivity contribution in [2.75, 3.05) is 0 Å². The van der Waals surface area contributed by atoms with Crippen LogP contribution in [0.1, 0.15) is 22.8 Å². The molecule has 1 aliphatic heterocycles. The van der Waals surface area contributed by atoms with Crippen molar-refractivity contribution < 1.29 is 9.53 Å². The molecule has 0 saturated heterocycles. The maximum Gasteiger partial charge on any atom is 0.153 e. The van der Waals surface area contributed by atoms with Gasteiger partial charge < -0.3 is 4.74 Å². The van der Waals surface area contributed by atoms with Crippen molar-refractivity contribution in [3.63, 3.8) is 0 Å². The lowest BCUT2D eigenvalue weighted by molar-refractivity contribution is 0.111. The van der Waals surface area contributed by atoms with Crippen LogP contribution in [-0.4, -0.2) is 12.4 Å². The summed E-state index contributed by atoms with van der Waals surface area (Å²) in [7, 11) is 0. The second-order valence-corrected chi connectivity index (χ2v) is 3.67. The van der Waals surface area contributed by atoms with Crippen LogP contribution < -0.4 is 4.74 Å². The summed E-state index contributed by atoms with van der Waals surface area (Å²) in [6, 6.07) is 3.48. The number of rotatable bonds is 1. The fourth-order valence-corrected chi connectivity index (χ4v) is 1.86. The highest BCUT2D eigenvalue weighted by atomic mass is 35.5. The molecule has 0 bridgehead atoms. The number of ether oxygens (including phenoxy) is 1. The molecule has 68 valence electrons. The number of carbonyl (C=O) groups excluding carboxylic acids is 1. The molecule has 0 amide bonds. The summed E-state index contributed by atoms with van der Waals surface area (Å²) in [6.45, 7) is 1.97. The summed E-state index contributed by atoms with van der Waals surface area (Å²) >= 11 is 5.84. The zero-order valence-electron chi connectivity index (χ0n) is 7.21. The average Bonchev–Trinajstić information content (AvgIpc) is 2.43. The Bertz CT molecular complexity index is 360. The van der Waals surface area contributed by atoms with Gasteiger partial charge in [-0.1, -0.05) is 11.6 Å². The number of carbonyl (C=O) groups is 1. The van der Waals surface area contributed by atoms with E-state index in [0.29, 0.717) is 16.3 Å². The van der Waals surface area contributed by atoms with Crippen molar-refractivity contribution in [3.8, 4) is 5.75 Å². The SMILES string of the molecule is CC1Cc2cc(Cl)cc(C=O)c2O1. The first-order valence-electron chi connectivity index (χ1n) is 4.15. The van der Waals surface area contributed by atoms with Crippen LogP contribution in [0.5, 0.6) is 5.75 Å². The number of hydrogen-bond acceptors (Lipinski definition) is 2. The maximum absolute atomic E-state index is 10.7. The number of aldehydes is 1. The van der Waals surface area contributed by atoms with Gasteiger partial charge >= 0.3 is 0 Å². The normalized spacial score (nSPS) is 19.4. The highest BCUT2D eigenvalue weighted by Crippen LogP contribution is 2.34. The summed E-state index contributed by atoms with van der Waals surface area (Å²) < 4.78 is 5.49. The van der Waals surface area contributed by atoms with Gasteiger partial charge in [-0.3, -0.25) is 4.79 Å². The quantitative estimate of drug-likeness (QED) is 0.645. The molecule has 1 aliphatic rings. The van der Waals surface area contributed by atoms with Crippen molar-refractivity contribution >= 4 is 17.9 Å². The first kappa shape index (κ1) is 8.57. The molecule has 0 saturated carbocycles. The molecule has 0 N–H and O–H groups in total. The lowest BCUT2D eigenvalue weighted by atomic mass is 10.1. The molecular formula is C10H9ClO2. The number of benzene rings is 1. The van der Waals surface area contributed by atoms with Crippen LogP contribution in [-0.2, 0) is 6.42 Å². The first-order valence-corrected chi connectivity index (χ1v) is 4.53. The summed E-state index contributed by atoms with van der Waals surface area (Å²) in [4.78, 5) is 10.7. The van der Waals surface area contributed by atoms with Crippen molar-refractivity contribution in [2.24, 2.45) is 0 Å². The summed E-state index contributed by atoms with van der Waals surface area (Å²) in [5.41, 5.74) is 1.58. The van der Waals surface area contributed by atoms with E-state index < -0.39 is 0 Å².